The maximum atomic E-state index is 12.5. The van der Waals surface area contributed by atoms with E-state index in [0.29, 0.717) is 18.3 Å². The van der Waals surface area contributed by atoms with E-state index in [2.05, 4.69) is 16.7 Å². The number of aromatic nitrogens is 1. The van der Waals surface area contributed by atoms with Crippen LogP contribution in [0.3, 0.4) is 0 Å². The molecule has 1 aromatic heterocycles. The van der Waals surface area contributed by atoms with Crippen LogP contribution in [0.5, 0.6) is 5.75 Å². The molecule has 0 atom stereocenters. The number of thioether (sulfide) groups is 1. The molecule has 158 valence electrons. The minimum atomic E-state index is -0.418. The van der Waals surface area contributed by atoms with Crippen LogP contribution in [0.2, 0.25) is 0 Å². The zero-order chi connectivity index (χ0) is 21.8. The van der Waals surface area contributed by atoms with Crippen LogP contribution < -0.4 is 4.74 Å². The third-order valence-electron chi connectivity index (χ3n) is 4.88. The Labute approximate surface area is 185 Å². The first kappa shape index (κ1) is 20.9. The molecule has 8 heteroatoms. The predicted molar refractivity (Wildman–Crippen MR) is 126 cm³/mol. The first-order valence-corrected chi connectivity index (χ1v) is 10.9. The van der Waals surface area contributed by atoms with Gasteiger partial charge >= 0.3 is 0 Å². The van der Waals surface area contributed by atoms with Crippen LogP contribution in [-0.4, -0.2) is 38.1 Å². The Balaban J connectivity index is 1.48. The van der Waals surface area contributed by atoms with Crippen molar-refractivity contribution in [3.63, 3.8) is 0 Å². The SMILES string of the molecule is C=CCc1ccccc1OCCn1cccc1C=C1C(=N)N2N=C(CC)SC2=NC1=O. The Morgan fingerprint density at radius 2 is 2.10 bits per heavy atom. The molecule has 0 fully saturated rings. The number of allylic oxidation sites excluding steroid dienone is 1. The number of rotatable bonds is 8. The van der Waals surface area contributed by atoms with E-state index in [1.54, 1.807) is 6.08 Å². The monoisotopic (exact) mass is 433 g/mol. The molecule has 31 heavy (non-hydrogen) atoms. The summed E-state index contributed by atoms with van der Waals surface area (Å²) >= 11 is 1.34. The third-order valence-corrected chi connectivity index (χ3v) is 5.94. The van der Waals surface area contributed by atoms with Crippen molar-refractivity contribution in [1.82, 2.24) is 9.58 Å². The smallest absolute Gasteiger partial charge is 0.283 e. The second-order valence-corrected chi connectivity index (χ2v) is 7.98. The topological polar surface area (TPSA) is 83.0 Å². The lowest BCUT2D eigenvalue weighted by atomic mass is 10.1. The van der Waals surface area contributed by atoms with Gasteiger partial charge in [-0.3, -0.25) is 10.2 Å². The van der Waals surface area contributed by atoms with E-state index in [1.165, 1.54) is 16.8 Å². The lowest BCUT2D eigenvalue weighted by Gasteiger charge is -2.20. The Kier molecular flexibility index (Phi) is 6.18. The van der Waals surface area contributed by atoms with E-state index in [4.69, 9.17) is 10.1 Å². The number of amidine groups is 2. The van der Waals surface area contributed by atoms with Crippen molar-refractivity contribution in [3.8, 4) is 5.75 Å². The number of amides is 1. The summed E-state index contributed by atoms with van der Waals surface area (Å²) in [6, 6.07) is 11.7. The van der Waals surface area contributed by atoms with Crippen LogP contribution in [-0.2, 0) is 17.8 Å². The molecule has 3 heterocycles. The van der Waals surface area contributed by atoms with Crippen LogP contribution in [0.4, 0.5) is 0 Å². The molecule has 4 rings (SSSR count). The fraction of sp³-hybridized carbons (Fsp3) is 0.217. The first-order valence-electron chi connectivity index (χ1n) is 10.1. The minimum Gasteiger partial charge on any atom is -0.491 e. The van der Waals surface area contributed by atoms with Gasteiger partial charge in [-0.15, -0.1) is 6.58 Å². The van der Waals surface area contributed by atoms with Gasteiger partial charge in [-0.1, -0.05) is 31.2 Å². The van der Waals surface area contributed by atoms with E-state index in [0.717, 1.165) is 34.9 Å². The molecule has 1 N–H and O–H groups in total. The predicted octanol–water partition coefficient (Wildman–Crippen LogP) is 4.32. The van der Waals surface area contributed by atoms with Crippen molar-refractivity contribution >= 4 is 39.8 Å². The lowest BCUT2D eigenvalue weighted by molar-refractivity contribution is -0.114. The summed E-state index contributed by atoms with van der Waals surface area (Å²) in [6.45, 7) is 6.85. The summed E-state index contributed by atoms with van der Waals surface area (Å²) in [7, 11) is 0. The molecule has 0 aliphatic carbocycles. The van der Waals surface area contributed by atoms with Gasteiger partial charge in [-0.25, -0.2) is 0 Å². The highest BCUT2D eigenvalue weighted by atomic mass is 32.2. The quantitative estimate of drug-likeness (QED) is 0.496. The molecule has 1 amide bonds. The van der Waals surface area contributed by atoms with E-state index in [1.807, 2.05) is 60.2 Å². The van der Waals surface area contributed by atoms with E-state index >= 15 is 0 Å². The van der Waals surface area contributed by atoms with E-state index < -0.39 is 5.91 Å². The number of carbonyl (C=O) groups is 1. The zero-order valence-corrected chi connectivity index (χ0v) is 18.1. The fourth-order valence-corrected chi connectivity index (χ4v) is 4.13. The molecule has 0 saturated carbocycles. The molecular formula is C23H23N5O2S. The van der Waals surface area contributed by atoms with Gasteiger partial charge < -0.3 is 9.30 Å². The summed E-state index contributed by atoms with van der Waals surface area (Å²) in [5.74, 6) is 0.476. The number of aliphatic imine (C=N–C) groups is 1. The van der Waals surface area contributed by atoms with Gasteiger partial charge in [0, 0.05) is 11.9 Å². The first-order chi connectivity index (χ1) is 15.1. The number of hydrogen-bond donors (Lipinski definition) is 1. The van der Waals surface area contributed by atoms with E-state index in [-0.39, 0.29) is 11.4 Å². The minimum absolute atomic E-state index is 0.0494. The van der Waals surface area contributed by atoms with Crippen LogP contribution in [0, 0.1) is 5.41 Å². The number of carbonyl (C=O) groups excluding carboxylic acids is 1. The standard InChI is InChI=1S/C23H23N5O2S/c1-3-8-16-9-5-6-11-19(16)30-14-13-27-12-7-10-17(27)15-18-21(24)28-23(25-22(18)29)31-20(4-2)26-28/h3,5-7,9-12,15,24H,1,4,8,13-14H2,2H3. The summed E-state index contributed by atoms with van der Waals surface area (Å²) in [5, 5.41) is 15.6. The Morgan fingerprint density at radius 3 is 2.90 bits per heavy atom. The normalized spacial score (nSPS) is 16.9. The number of hydrogen-bond acceptors (Lipinski definition) is 5. The Hall–Kier alpha value is -3.39. The second kappa shape index (κ2) is 9.18. The molecule has 1 aromatic carbocycles. The summed E-state index contributed by atoms with van der Waals surface area (Å²) < 4.78 is 7.97. The number of ether oxygens (including phenoxy) is 1. The van der Waals surface area contributed by atoms with Gasteiger partial charge in [0.1, 0.15) is 17.4 Å². The Bertz CT molecular complexity index is 1130. The molecule has 7 nitrogen and oxygen atoms in total. The second-order valence-electron chi connectivity index (χ2n) is 6.94. The van der Waals surface area contributed by atoms with Crippen molar-refractivity contribution < 1.29 is 9.53 Å². The molecule has 0 bridgehead atoms. The summed E-state index contributed by atoms with van der Waals surface area (Å²) in [6.07, 6.45) is 6.96. The molecule has 2 aromatic rings. The average molecular weight is 434 g/mol. The van der Waals surface area contributed by atoms with Gasteiger partial charge in [0.25, 0.3) is 5.91 Å². The van der Waals surface area contributed by atoms with Crippen LogP contribution in [0.1, 0.15) is 24.6 Å². The maximum absolute atomic E-state index is 12.5. The molecule has 0 spiro atoms. The Morgan fingerprint density at radius 1 is 1.26 bits per heavy atom. The van der Waals surface area contributed by atoms with E-state index in [9.17, 15) is 4.79 Å². The van der Waals surface area contributed by atoms with Crippen LogP contribution >= 0.6 is 11.8 Å². The number of hydrazone groups is 1. The fourth-order valence-electron chi connectivity index (χ4n) is 3.31. The number of benzene rings is 1. The molecule has 0 saturated heterocycles. The zero-order valence-electron chi connectivity index (χ0n) is 17.2. The lowest BCUT2D eigenvalue weighted by Crippen LogP contribution is -2.35. The summed E-state index contributed by atoms with van der Waals surface area (Å²) in [5.41, 5.74) is 2.13. The van der Waals surface area contributed by atoms with Crippen molar-refractivity contribution in [1.29, 1.82) is 5.41 Å². The van der Waals surface area contributed by atoms with Gasteiger partial charge in [-0.05, 0) is 54.4 Å². The number of nitrogens with zero attached hydrogens (tertiary/aromatic N) is 4. The molecular weight excluding hydrogens is 410 g/mol. The molecule has 0 radical (unpaired) electrons. The third kappa shape index (κ3) is 4.39. The molecule has 2 aliphatic heterocycles. The van der Waals surface area contributed by atoms with Crippen LogP contribution in [0.15, 0.2) is 70.9 Å². The largest absolute Gasteiger partial charge is 0.491 e. The van der Waals surface area contributed by atoms with Crippen LogP contribution in [0.25, 0.3) is 6.08 Å². The van der Waals surface area contributed by atoms with Crippen molar-refractivity contribution in [3.05, 3.63) is 72.1 Å². The van der Waals surface area contributed by atoms with Crippen molar-refractivity contribution in [2.24, 2.45) is 10.1 Å². The van der Waals surface area contributed by atoms with Crippen molar-refractivity contribution in [2.45, 2.75) is 26.3 Å². The summed E-state index contributed by atoms with van der Waals surface area (Å²) in [4.78, 5) is 16.7. The molecule has 0 unspecified atom stereocenters. The van der Waals surface area contributed by atoms with Gasteiger partial charge in [-0.2, -0.15) is 15.1 Å². The number of para-hydroxylation sites is 1. The maximum Gasteiger partial charge on any atom is 0.283 e. The van der Waals surface area contributed by atoms with Gasteiger partial charge in [0.05, 0.1) is 12.1 Å². The highest BCUT2D eigenvalue weighted by molar-refractivity contribution is 8.26. The number of nitrogens with one attached hydrogen (secondary N) is 1. The van der Waals surface area contributed by atoms with Gasteiger partial charge in [0.2, 0.25) is 5.17 Å². The highest BCUT2D eigenvalue weighted by Gasteiger charge is 2.35. The average Bonchev–Trinajstić information content (AvgIpc) is 3.39. The number of fused-ring (bicyclic) bond motifs is 1. The highest BCUT2D eigenvalue weighted by Crippen LogP contribution is 2.29. The van der Waals surface area contributed by atoms with Gasteiger partial charge in [0.15, 0.2) is 5.84 Å². The molecule has 2 aliphatic rings. The van der Waals surface area contributed by atoms with Crippen molar-refractivity contribution in [2.75, 3.05) is 6.61 Å².